The quantitative estimate of drug-likeness (QED) is 0.227. The van der Waals surface area contributed by atoms with E-state index in [4.69, 9.17) is 10.8 Å². The van der Waals surface area contributed by atoms with Crippen molar-refractivity contribution >= 4 is 23.6 Å². The molecular weight excluding hydrogens is 424 g/mol. The molecule has 1 rings (SSSR count). The number of carbonyl (C=O) groups excluding carboxylic acids is 4. The van der Waals surface area contributed by atoms with E-state index in [0.717, 1.165) is 19.3 Å². The van der Waals surface area contributed by atoms with Crippen LogP contribution in [0.4, 0.5) is 0 Å². The first-order valence-electron chi connectivity index (χ1n) is 12.7. The second-order valence-corrected chi connectivity index (χ2v) is 8.95. The number of aliphatic hydroxyl groups excluding tert-OH is 1. The van der Waals surface area contributed by atoms with Crippen LogP contribution < -0.4 is 16.4 Å². The molecule has 0 unspecified atom stereocenters. The average Bonchev–Trinajstić information content (AvgIpc) is 3.29. The molecule has 1 aliphatic heterocycles. The third-order valence-electron chi connectivity index (χ3n) is 6.16. The minimum atomic E-state index is -1.18. The highest BCUT2D eigenvalue weighted by Crippen LogP contribution is 2.17. The van der Waals surface area contributed by atoms with Crippen LogP contribution in [0.5, 0.6) is 0 Å². The number of unbranched alkanes of at least 4 members (excludes halogenated alkanes) is 10. The van der Waals surface area contributed by atoms with Crippen molar-refractivity contribution in [1.29, 1.82) is 0 Å². The van der Waals surface area contributed by atoms with Crippen molar-refractivity contribution in [3.05, 3.63) is 0 Å². The third-order valence-corrected chi connectivity index (χ3v) is 6.16. The lowest BCUT2D eigenvalue weighted by atomic mass is 10.1. The Hall–Kier alpha value is -2.16. The summed E-state index contributed by atoms with van der Waals surface area (Å²) in [6.07, 6.45) is 14.8. The monoisotopic (exact) mass is 468 g/mol. The Kier molecular flexibility index (Phi) is 15.2. The topological polar surface area (TPSA) is 142 Å². The fraction of sp³-hybridized carbons (Fsp3) is 0.833. The van der Waals surface area contributed by atoms with Gasteiger partial charge in [-0.1, -0.05) is 71.1 Å². The summed E-state index contributed by atoms with van der Waals surface area (Å²) < 4.78 is 0. The first-order chi connectivity index (χ1) is 15.9. The molecule has 1 fully saturated rings. The smallest absolute Gasteiger partial charge is 0.243 e. The number of carbonyl (C=O) groups is 4. The molecule has 0 aliphatic carbocycles. The highest BCUT2D eigenvalue weighted by atomic mass is 16.3. The SMILES string of the molecule is CCCCCCCCCCCCCC(=O)NCC(=O)N1CCC[C@H]1C(=O)N[C@@H](CO)C(N)=O. The van der Waals surface area contributed by atoms with Crippen molar-refractivity contribution in [2.24, 2.45) is 5.73 Å². The number of rotatable bonds is 18. The van der Waals surface area contributed by atoms with E-state index in [2.05, 4.69) is 17.6 Å². The Morgan fingerprint density at radius 1 is 0.970 bits per heavy atom. The molecule has 0 bridgehead atoms. The molecule has 2 atom stereocenters. The molecule has 0 aromatic heterocycles. The number of nitrogens with zero attached hydrogens (tertiary/aromatic N) is 1. The molecule has 190 valence electrons. The van der Waals surface area contributed by atoms with Crippen molar-refractivity contribution in [1.82, 2.24) is 15.5 Å². The molecule has 0 aromatic rings. The van der Waals surface area contributed by atoms with Gasteiger partial charge in [0, 0.05) is 13.0 Å². The highest BCUT2D eigenvalue weighted by Gasteiger charge is 2.35. The van der Waals surface area contributed by atoms with Crippen LogP contribution in [0.1, 0.15) is 96.8 Å². The molecule has 4 amide bonds. The summed E-state index contributed by atoms with van der Waals surface area (Å²) >= 11 is 0. The number of aliphatic hydroxyl groups is 1. The predicted octanol–water partition coefficient (Wildman–Crippen LogP) is 1.76. The van der Waals surface area contributed by atoms with E-state index in [-0.39, 0.29) is 18.4 Å². The zero-order chi connectivity index (χ0) is 24.5. The van der Waals surface area contributed by atoms with Crippen molar-refractivity contribution in [3.63, 3.8) is 0 Å². The predicted molar refractivity (Wildman–Crippen MR) is 127 cm³/mol. The number of nitrogens with two attached hydrogens (primary N) is 1. The van der Waals surface area contributed by atoms with E-state index < -0.39 is 30.5 Å². The van der Waals surface area contributed by atoms with Gasteiger partial charge in [0.15, 0.2) is 0 Å². The van der Waals surface area contributed by atoms with Crippen molar-refractivity contribution in [3.8, 4) is 0 Å². The minimum absolute atomic E-state index is 0.153. The Morgan fingerprint density at radius 2 is 1.55 bits per heavy atom. The van der Waals surface area contributed by atoms with Crippen LogP contribution in [0.2, 0.25) is 0 Å². The van der Waals surface area contributed by atoms with Gasteiger partial charge in [0.25, 0.3) is 0 Å². The van der Waals surface area contributed by atoms with Crippen LogP contribution >= 0.6 is 0 Å². The van der Waals surface area contributed by atoms with Gasteiger partial charge in [0.2, 0.25) is 23.6 Å². The molecule has 0 radical (unpaired) electrons. The Balaban J connectivity index is 2.17. The van der Waals surface area contributed by atoms with Crippen molar-refractivity contribution in [2.75, 3.05) is 19.7 Å². The van der Waals surface area contributed by atoms with Gasteiger partial charge in [-0.15, -0.1) is 0 Å². The van der Waals surface area contributed by atoms with E-state index in [0.29, 0.717) is 25.8 Å². The van der Waals surface area contributed by atoms with Gasteiger partial charge in [-0.05, 0) is 19.3 Å². The van der Waals surface area contributed by atoms with Gasteiger partial charge in [-0.2, -0.15) is 0 Å². The molecule has 9 nitrogen and oxygen atoms in total. The van der Waals surface area contributed by atoms with E-state index in [1.165, 1.54) is 56.3 Å². The molecule has 5 N–H and O–H groups in total. The van der Waals surface area contributed by atoms with Gasteiger partial charge in [-0.3, -0.25) is 19.2 Å². The number of hydrogen-bond acceptors (Lipinski definition) is 5. The molecule has 0 aromatic carbocycles. The zero-order valence-corrected chi connectivity index (χ0v) is 20.3. The number of amides is 4. The van der Waals surface area contributed by atoms with Crippen LogP contribution in [0.25, 0.3) is 0 Å². The lowest BCUT2D eigenvalue weighted by Crippen LogP contribution is -2.54. The highest BCUT2D eigenvalue weighted by molar-refractivity contribution is 5.93. The summed E-state index contributed by atoms with van der Waals surface area (Å²) in [5.74, 6) is -1.85. The number of nitrogens with one attached hydrogen (secondary N) is 2. The summed E-state index contributed by atoms with van der Waals surface area (Å²) in [6, 6.07) is -1.91. The fourth-order valence-corrected chi connectivity index (χ4v) is 4.13. The Morgan fingerprint density at radius 3 is 2.09 bits per heavy atom. The first-order valence-corrected chi connectivity index (χ1v) is 12.7. The summed E-state index contributed by atoms with van der Waals surface area (Å²) in [7, 11) is 0. The first kappa shape index (κ1) is 28.9. The van der Waals surface area contributed by atoms with Crippen LogP contribution in [0, 0.1) is 0 Å². The average molecular weight is 469 g/mol. The van der Waals surface area contributed by atoms with E-state index in [1.807, 2.05) is 0 Å². The maximum atomic E-state index is 12.5. The fourth-order valence-electron chi connectivity index (χ4n) is 4.13. The van der Waals surface area contributed by atoms with E-state index in [1.54, 1.807) is 0 Å². The summed E-state index contributed by atoms with van der Waals surface area (Å²) in [4.78, 5) is 49.6. The Labute approximate surface area is 198 Å². The number of primary amides is 1. The zero-order valence-electron chi connectivity index (χ0n) is 20.3. The molecule has 0 saturated carbocycles. The largest absolute Gasteiger partial charge is 0.394 e. The maximum absolute atomic E-state index is 12.5. The van der Waals surface area contributed by atoms with Gasteiger partial charge >= 0.3 is 0 Å². The van der Waals surface area contributed by atoms with Gasteiger partial charge < -0.3 is 26.4 Å². The molecule has 9 heteroatoms. The van der Waals surface area contributed by atoms with Gasteiger partial charge in [0.05, 0.1) is 13.2 Å². The Bertz CT molecular complexity index is 614. The lowest BCUT2D eigenvalue weighted by molar-refractivity contribution is -0.139. The molecule has 1 saturated heterocycles. The van der Waals surface area contributed by atoms with Crippen molar-refractivity contribution in [2.45, 2.75) is 109 Å². The van der Waals surface area contributed by atoms with Crippen LogP contribution in [0.15, 0.2) is 0 Å². The number of likely N-dealkylation sites (tertiary alicyclic amines) is 1. The lowest BCUT2D eigenvalue weighted by Gasteiger charge is -2.25. The van der Waals surface area contributed by atoms with Crippen molar-refractivity contribution < 1.29 is 24.3 Å². The number of hydrogen-bond donors (Lipinski definition) is 4. The van der Waals surface area contributed by atoms with Crippen LogP contribution in [0.3, 0.4) is 0 Å². The molecule has 1 heterocycles. The standard InChI is InChI=1S/C24H44N4O5/c1-2-3-4-5-6-7-8-9-10-11-12-15-21(30)26-17-22(31)28-16-13-14-20(28)24(33)27-19(18-29)23(25)32/h19-20,29H,2-18H2,1H3,(H2,25,32)(H,26,30)(H,27,33)/t19-,20-/m0/s1. The molecular formula is C24H44N4O5. The minimum Gasteiger partial charge on any atom is -0.394 e. The maximum Gasteiger partial charge on any atom is 0.243 e. The second kappa shape index (κ2) is 17.3. The third kappa shape index (κ3) is 12.0. The normalized spacial score (nSPS) is 16.4. The van der Waals surface area contributed by atoms with Gasteiger partial charge in [-0.25, -0.2) is 0 Å². The summed E-state index contributed by atoms with van der Waals surface area (Å²) in [5, 5.41) is 14.2. The van der Waals surface area contributed by atoms with Gasteiger partial charge in [0.1, 0.15) is 12.1 Å². The molecule has 33 heavy (non-hydrogen) atoms. The van der Waals surface area contributed by atoms with Crippen LogP contribution in [-0.2, 0) is 19.2 Å². The van der Waals surface area contributed by atoms with E-state index >= 15 is 0 Å². The van der Waals surface area contributed by atoms with Crippen LogP contribution in [-0.4, -0.2) is 65.4 Å². The summed E-state index contributed by atoms with van der Waals surface area (Å²) in [6.45, 7) is 1.88. The summed E-state index contributed by atoms with van der Waals surface area (Å²) in [5.41, 5.74) is 5.13. The van der Waals surface area contributed by atoms with E-state index in [9.17, 15) is 19.2 Å². The second-order valence-electron chi connectivity index (χ2n) is 8.95. The molecule has 0 spiro atoms. The molecule has 1 aliphatic rings.